The Bertz CT molecular complexity index is 467. The van der Waals surface area contributed by atoms with Gasteiger partial charge < -0.3 is 10.6 Å². The third kappa shape index (κ3) is 2.88. The first-order chi connectivity index (χ1) is 9.17. The molecule has 1 aromatic rings. The summed E-state index contributed by atoms with van der Waals surface area (Å²) < 4.78 is 0. The molecule has 2 rings (SSSR count). The number of pyridine rings is 1. The van der Waals surface area contributed by atoms with Crippen LogP contribution in [0, 0.1) is 5.41 Å². The van der Waals surface area contributed by atoms with Crippen molar-refractivity contribution in [1.82, 2.24) is 4.98 Å². The van der Waals surface area contributed by atoms with E-state index in [0.29, 0.717) is 0 Å². The van der Waals surface area contributed by atoms with Crippen LogP contribution in [0.2, 0.25) is 0 Å². The van der Waals surface area contributed by atoms with Crippen molar-refractivity contribution in [2.75, 3.05) is 18.0 Å². The maximum atomic E-state index is 7.81. The van der Waals surface area contributed by atoms with Gasteiger partial charge in [0.05, 0.1) is 5.56 Å². The van der Waals surface area contributed by atoms with Gasteiger partial charge in [0.25, 0.3) is 0 Å². The Morgan fingerprint density at radius 3 is 2.74 bits per heavy atom. The van der Waals surface area contributed by atoms with Crippen LogP contribution in [0.4, 0.5) is 5.82 Å². The lowest BCUT2D eigenvalue weighted by atomic mass is 9.94. The normalized spacial score (nSPS) is 14.0. The predicted octanol–water partition coefficient (Wildman–Crippen LogP) is 2.48. The molecule has 0 aromatic carbocycles. The summed E-state index contributed by atoms with van der Waals surface area (Å²) in [5, 5.41) is 7.81. The van der Waals surface area contributed by atoms with E-state index in [2.05, 4.69) is 24.8 Å². The van der Waals surface area contributed by atoms with Crippen LogP contribution < -0.4 is 10.6 Å². The van der Waals surface area contributed by atoms with Crippen LogP contribution in [-0.2, 0) is 12.8 Å². The summed E-state index contributed by atoms with van der Waals surface area (Å²) in [5.74, 6) is 1.03. The fraction of sp³-hybridized carbons (Fsp3) is 0.600. The number of aryl methyl sites for hydroxylation is 2. The lowest BCUT2D eigenvalue weighted by Gasteiger charge is -2.26. The molecule has 0 bridgehead atoms. The third-order valence-corrected chi connectivity index (χ3v) is 3.75. The number of nitrogens with two attached hydrogens (primary N) is 1. The molecule has 4 nitrogen and oxygen atoms in total. The van der Waals surface area contributed by atoms with E-state index in [9.17, 15) is 0 Å². The molecule has 0 amide bonds. The number of nitrogens with zero attached hydrogens (tertiary/aromatic N) is 2. The van der Waals surface area contributed by atoms with Crippen LogP contribution >= 0.6 is 0 Å². The van der Waals surface area contributed by atoms with Crippen LogP contribution in [0.5, 0.6) is 0 Å². The lowest BCUT2D eigenvalue weighted by Crippen LogP contribution is -2.29. The highest BCUT2D eigenvalue weighted by Gasteiger charge is 2.19. The van der Waals surface area contributed by atoms with Gasteiger partial charge in [-0.25, -0.2) is 4.98 Å². The molecular weight excluding hydrogens is 236 g/mol. The number of nitrogen functional groups attached to an aromatic ring is 1. The van der Waals surface area contributed by atoms with E-state index in [4.69, 9.17) is 16.1 Å². The van der Waals surface area contributed by atoms with Gasteiger partial charge in [-0.3, -0.25) is 5.41 Å². The summed E-state index contributed by atoms with van der Waals surface area (Å²) in [6.45, 7) is 6.15. The summed E-state index contributed by atoms with van der Waals surface area (Å²) in [6.07, 6.45) is 5.65. The van der Waals surface area contributed by atoms with Crippen LogP contribution in [-0.4, -0.2) is 23.9 Å². The van der Waals surface area contributed by atoms with Crippen molar-refractivity contribution in [1.29, 1.82) is 5.41 Å². The molecule has 1 heterocycles. The second-order valence-corrected chi connectivity index (χ2v) is 5.17. The zero-order valence-electron chi connectivity index (χ0n) is 12.0. The molecule has 1 aliphatic carbocycles. The van der Waals surface area contributed by atoms with Crippen molar-refractivity contribution in [3.8, 4) is 0 Å². The number of amidine groups is 1. The second kappa shape index (κ2) is 6.04. The first-order valence-electron chi connectivity index (χ1n) is 7.29. The highest BCUT2D eigenvalue weighted by Crippen LogP contribution is 2.26. The van der Waals surface area contributed by atoms with Crippen LogP contribution in [0.3, 0.4) is 0 Å². The average molecular weight is 260 g/mol. The van der Waals surface area contributed by atoms with E-state index >= 15 is 0 Å². The van der Waals surface area contributed by atoms with Gasteiger partial charge in [0, 0.05) is 18.8 Å². The molecule has 0 spiro atoms. The molecule has 0 atom stereocenters. The zero-order valence-corrected chi connectivity index (χ0v) is 12.0. The smallest absolute Gasteiger partial charge is 0.139 e. The van der Waals surface area contributed by atoms with Crippen molar-refractivity contribution >= 4 is 11.7 Å². The Morgan fingerprint density at radius 2 is 2.11 bits per heavy atom. The van der Waals surface area contributed by atoms with Gasteiger partial charge in [0.1, 0.15) is 11.7 Å². The Morgan fingerprint density at radius 1 is 1.37 bits per heavy atom. The second-order valence-electron chi connectivity index (χ2n) is 5.17. The van der Waals surface area contributed by atoms with E-state index in [0.717, 1.165) is 43.7 Å². The molecule has 0 radical (unpaired) electrons. The van der Waals surface area contributed by atoms with Crippen LogP contribution in [0.25, 0.3) is 0 Å². The highest BCUT2D eigenvalue weighted by molar-refractivity contribution is 5.99. The third-order valence-electron chi connectivity index (χ3n) is 3.75. The molecular formula is C15H24N4. The molecule has 104 valence electrons. The molecule has 0 saturated heterocycles. The van der Waals surface area contributed by atoms with E-state index in [1.54, 1.807) is 0 Å². The topological polar surface area (TPSA) is 66.0 Å². The minimum absolute atomic E-state index is 0.130. The Balaban J connectivity index is 2.47. The van der Waals surface area contributed by atoms with E-state index in [1.807, 2.05) is 0 Å². The van der Waals surface area contributed by atoms with Crippen molar-refractivity contribution in [2.45, 2.75) is 46.0 Å². The standard InChI is InChI=1S/C15H24N4/c1-3-9-19(4-2)15-12(14(16)17)10-11-7-5-6-8-13(11)18-15/h10H,3-9H2,1-2H3,(H3,16,17). The molecule has 0 unspecified atom stereocenters. The number of fused-ring (bicyclic) bond motifs is 1. The Kier molecular flexibility index (Phi) is 4.40. The predicted molar refractivity (Wildman–Crippen MR) is 80.1 cm³/mol. The number of hydrogen-bond acceptors (Lipinski definition) is 3. The van der Waals surface area contributed by atoms with Crippen LogP contribution in [0.1, 0.15) is 49.9 Å². The van der Waals surface area contributed by atoms with Crippen molar-refractivity contribution in [2.24, 2.45) is 5.73 Å². The summed E-state index contributed by atoms with van der Waals surface area (Å²) >= 11 is 0. The lowest BCUT2D eigenvalue weighted by molar-refractivity contribution is 0.663. The Hall–Kier alpha value is -1.58. The molecule has 19 heavy (non-hydrogen) atoms. The zero-order chi connectivity index (χ0) is 13.8. The Labute approximate surface area is 115 Å². The van der Waals surface area contributed by atoms with Gasteiger partial charge in [-0.2, -0.15) is 0 Å². The summed E-state index contributed by atoms with van der Waals surface area (Å²) in [5.41, 5.74) is 9.05. The summed E-state index contributed by atoms with van der Waals surface area (Å²) in [6, 6.07) is 2.09. The first kappa shape index (κ1) is 13.8. The molecule has 3 N–H and O–H groups in total. The number of nitrogens with one attached hydrogen (secondary N) is 1. The molecule has 1 aliphatic rings. The summed E-state index contributed by atoms with van der Waals surface area (Å²) in [4.78, 5) is 7.06. The highest BCUT2D eigenvalue weighted by atomic mass is 15.2. The number of aromatic nitrogens is 1. The number of rotatable bonds is 5. The maximum absolute atomic E-state index is 7.81. The summed E-state index contributed by atoms with van der Waals surface area (Å²) in [7, 11) is 0. The van der Waals surface area contributed by atoms with Crippen LogP contribution in [0.15, 0.2) is 6.07 Å². The monoisotopic (exact) mass is 260 g/mol. The van der Waals surface area contributed by atoms with Gasteiger partial charge >= 0.3 is 0 Å². The van der Waals surface area contributed by atoms with Gasteiger partial charge in [-0.05, 0) is 50.7 Å². The SMILES string of the molecule is CCCN(CC)c1nc2c(cc1C(=N)N)CCCC2. The molecule has 4 heteroatoms. The minimum atomic E-state index is 0.130. The van der Waals surface area contributed by atoms with Crippen molar-refractivity contribution in [3.05, 3.63) is 22.9 Å². The minimum Gasteiger partial charge on any atom is -0.384 e. The maximum Gasteiger partial charge on any atom is 0.139 e. The quantitative estimate of drug-likeness (QED) is 0.631. The fourth-order valence-electron chi connectivity index (χ4n) is 2.75. The van der Waals surface area contributed by atoms with Crippen molar-refractivity contribution in [3.63, 3.8) is 0 Å². The molecule has 1 aromatic heterocycles. The van der Waals surface area contributed by atoms with Gasteiger partial charge in [0.2, 0.25) is 0 Å². The molecule has 0 saturated carbocycles. The largest absolute Gasteiger partial charge is 0.384 e. The van der Waals surface area contributed by atoms with Gasteiger partial charge in [0.15, 0.2) is 0 Å². The number of anilines is 1. The molecule has 0 aliphatic heterocycles. The van der Waals surface area contributed by atoms with Gasteiger partial charge in [-0.1, -0.05) is 6.92 Å². The van der Waals surface area contributed by atoms with Gasteiger partial charge in [-0.15, -0.1) is 0 Å². The van der Waals surface area contributed by atoms with Crippen molar-refractivity contribution < 1.29 is 0 Å². The fourth-order valence-corrected chi connectivity index (χ4v) is 2.75. The average Bonchev–Trinajstić information content (AvgIpc) is 2.43. The van der Waals surface area contributed by atoms with E-state index in [1.165, 1.54) is 24.1 Å². The number of hydrogen-bond donors (Lipinski definition) is 2. The van der Waals surface area contributed by atoms with E-state index in [-0.39, 0.29) is 5.84 Å². The first-order valence-corrected chi connectivity index (χ1v) is 7.29. The molecule has 0 fully saturated rings. The van der Waals surface area contributed by atoms with E-state index < -0.39 is 0 Å².